The van der Waals surface area contributed by atoms with Crippen LogP contribution in [0.4, 0.5) is 17.1 Å². The molecule has 0 aliphatic rings. The van der Waals surface area contributed by atoms with E-state index in [0.717, 1.165) is 55.7 Å². The van der Waals surface area contributed by atoms with Gasteiger partial charge in [-0.15, -0.1) is 0 Å². The molecule has 0 aliphatic heterocycles. The molecule has 0 amide bonds. The maximum atomic E-state index is 6.44. The molecule has 0 saturated heterocycles. The molecule has 0 unspecified atom stereocenters. The molecule has 7 aromatic carbocycles. The first kappa shape index (κ1) is 28.8. The molecule has 0 aliphatic carbocycles. The molecule has 0 N–H and O–H groups in total. The van der Waals surface area contributed by atoms with Crippen molar-refractivity contribution < 1.29 is 8.83 Å². The predicted molar refractivity (Wildman–Crippen MR) is 202 cm³/mol. The summed E-state index contributed by atoms with van der Waals surface area (Å²) in [5, 5.41) is 1.98. The van der Waals surface area contributed by atoms with Crippen molar-refractivity contribution in [1.29, 1.82) is 0 Å². The number of oxazole rings is 1. The SMILES string of the molecule is Cc1ccc(-c2ccc(N(c3ccc(-c4ccc(C)cc4)cc3)c3ccc(-c4nc5ccc6oc7ccccc7c6c5o4)cc3)cc2)cc1. The molecule has 0 radical (unpaired) electrons. The molecular formula is C45H32N2O2. The third-order valence-electron chi connectivity index (χ3n) is 9.29. The fraction of sp³-hybridized carbons (Fsp3) is 0.0444. The lowest BCUT2D eigenvalue weighted by Crippen LogP contribution is -2.09. The van der Waals surface area contributed by atoms with Gasteiger partial charge in [-0.1, -0.05) is 102 Å². The second kappa shape index (κ2) is 11.7. The summed E-state index contributed by atoms with van der Waals surface area (Å²) < 4.78 is 12.5. The van der Waals surface area contributed by atoms with Crippen LogP contribution >= 0.6 is 0 Å². The van der Waals surface area contributed by atoms with Crippen LogP contribution < -0.4 is 4.90 Å². The summed E-state index contributed by atoms with van der Waals surface area (Å²) in [6.45, 7) is 4.23. The monoisotopic (exact) mass is 632 g/mol. The minimum Gasteiger partial charge on any atom is -0.456 e. The number of furan rings is 1. The van der Waals surface area contributed by atoms with Gasteiger partial charge in [0, 0.05) is 28.0 Å². The van der Waals surface area contributed by atoms with Gasteiger partial charge >= 0.3 is 0 Å². The zero-order valence-electron chi connectivity index (χ0n) is 27.2. The molecule has 2 aromatic heterocycles. The minimum atomic E-state index is 0.579. The summed E-state index contributed by atoms with van der Waals surface area (Å²) in [5.74, 6) is 0.579. The first-order valence-corrected chi connectivity index (χ1v) is 16.5. The molecule has 4 heteroatoms. The Morgan fingerprint density at radius 3 is 1.43 bits per heavy atom. The molecule has 0 bridgehead atoms. The van der Waals surface area contributed by atoms with E-state index in [4.69, 9.17) is 13.8 Å². The van der Waals surface area contributed by atoms with E-state index in [1.807, 2.05) is 30.3 Å². The lowest BCUT2D eigenvalue weighted by Gasteiger charge is -2.26. The summed E-state index contributed by atoms with van der Waals surface area (Å²) in [6, 6.07) is 55.3. The highest BCUT2D eigenvalue weighted by Crippen LogP contribution is 2.39. The number of anilines is 3. The maximum Gasteiger partial charge on any atom is 0.227 e. The van der Waals surface area contributed by atoms with Gasteiger partial charge in [0.05, 0.1) is 5.39 Å². The number of rotatable bonds is 6. The number of aromatic nitrogens is 1. The quantitative estimate of drug-likeness (QED) is 0.183. The molecule has 0 atom stereocenters. The molecule has 9 rings (SSSR count). The van der Waals surface area contributed by atoms with E-state index in [-0.39, 0.29) is 0 Å². The number of nitrogens with zero attached hydrogens (tertiary/aromatic N) is 2. The highest BCUT2D eigenvalue weighted by molar-refractivity contribution is 6.16. The Kier molecular flexibility index (Phi) is 6.87. The van der Waals surface area contributed by atoms with Gasteiger partial charge in [-0.3, -0.25) is 0 Å². The normalized spacial score (nSPS) is 11.5. The van der Waals surface area contributed by atoms with Crippen molar-refractivity contribution in [3.63, 3.8) is 0 Å². The van der Waals surface area contributed by atoms with Gasteiger partial charge in [-0.25, -0.2) is 4.98 Å². The summed E-state index contributed by atoms with van der Waals surface area (Å²) in [7, 11) is 0. The van der Waals surface area contributed by atoms with E-state index in [2.05, 4.69) is 146 Å². The van der Waals surface area contributed by atoms with Crippen LogP contribution in [0.15, 0.2) is 167 Å². The lowest BCUT2D eigenvalue weighted by atomic mass is 10.0. The Balaban J connectivity index is 1.09. The molecule has 49 heavy (non-hydrogen) atoms. The van der Waals surface area contributed by atoms with Crippen molar-refractivity contribution in [2.75, 3.05) is 4.90 Å². The highest BCUT2D eigenvalue weighted by atomic mass is 16.4. The summed E-state index contributed by atoms with van der Waals surface area (Å²) in [5.41, 5.74) is 14.6. The lowest BCUT2D eigenvalue weighted by molar-refractivity contribution is 0.622. The Hall–Kier alpha value is -6.39. The number of hydrogen-bond acceptors (Lipinski definition) is 4. The van der Waals surface area contributed by atoms with Crippen LogP contribution in [0.25, 0.3) is 66.7 Å². The zero-order valence-corrected chi connectivity index (χ0v) is 27.2. The Morgan fingerprint density at radius 1 is 0.429 bits per heavy atom. The van der Waals surface area contributed by atoms with Crippen molar-refractivity contribution >= 4 is 50.1 Å². The molecule has 234 valence electrons. The summed E-state index contributed by atoms with van der Waals surface area (Å²) >= 11 is 0. The van der Waals surface area contributed by atoms with Gasteiger partial charge in [0.15, 0.2) is 5.58 Å². The fourth-order valence-electron chi connectivity index (χ4n) is 6.62. The Labute approximate surface area is 284 Å². The third-order valence-corrected chi connectivity index (χ3v) is 9.29. The molecule has 9 aromatic rings. The second-order valence-electron chi connectivity index (χ2n) is 12.6. The Bertz CT molecular complexity index is 2490. The third kappa shape index (κ3) is 5.24. The van der Waals surface area contributed by atoms with Crippen LogP contribution in [0.2, 0.25) is 0 Å². The first-order valence-electron chi connectivity index (χ1n) is 16.5. The van der Waals surface area contributed by atoms with Crippen LogP contribution in [-0.4, -0.2) is 4.98 Å². The topological polar surface area (TPSA) is 42.4 Å². The van der Waals surface area contributed by atoms with Crippen LogP contribution in [0, 0.1) is 13.8 Å². The van der Waals surface area contributed by atoms with Crippen molar-refractivity contribution in [1.82, 2.24) is 4.98 Å². The van der Waals surface area contributed by atoms with Gasteiger partial charge < -0.3 is 13.7 Å². The molecule has 0 fully saturated rings. The van der Waals surface area contributed by atoms with Crippen molar-refractivity contribution in [3.05, 3.63) is 169 Å². The second-order valence-corrected chi connectivity index (χ2v) is 12.6. The van der Waals surface area contributed by atoms with Crippen molar-refractivity contribution in [2.45, 2.75) is 13.8 Å². The van der Waals surface area contributed by atoms with E-state index >= 15 is 0 Å². The number of aryl methyl sites for hydroxylation is 2. The van der Waals surface area contributed by atoms with Gasteiger partial charge in [0.1, 0.15) is 16.7 Å². The summed E-state index contributed by atoms with van der Waals surface area (Å²) in [4.78, 5) is 7.16. The molecular weight excluding hydrogens is 601 g/mol. The van der Waals surface area contributed by atoms with Crippen LogP contribution in [0.5, 0.6) is 0 Å². The van der Waals surface area contributed by atoms with E-state index in [1.165, 1.54) is 33.4 Å². The van der Waals surface area contributed by atoms with Crippen LogP contribution in [0.1, 0.15) is 11.1 Å². The number of para-hydroxylation sites is 1. The average Bonchev–Trinajstić information content (AvgIpc) is 3.75. The van der Waals surface area contributed by atoms with Gasteiger partial charge in [-0.2, -0.15) is 0 Å². The summed E-state index contributed by atoms with van der Waals surface area (Å²) in [6.07, 6.45) is 0. The molecule has 0 saturated carbocycles. The number of benzene rings is 7. The van der Waals surface area contributed by atoms with Gasteiger partial charge in [0.2, 0.25) is 5.89 Å². The standard InChI is InChI=1S/C45H32N2O2/c1-29-7-11-31(12-8-29)33-15-21-36(22-16-33)47(37-23-17-34(18-24-37)32-13-9-30(2)10-14-32)38-25-19-35(20-26-38)45-46-40-27-28-42-43(44(40)49-45)39-5-3-4-6-41(39)48-42/h3-28H,1-2H3. The van der Waals surface area contributed by atoms with Gasteiger partial charge in [0.25, 0.3) is 0 Å². The minimum absolute atomic E-state index is 0.579. The van der Waals surface area contributed by atoms with E-state index in [1.54, 1.807) is 0 Å². The van der Waals surface area contributed by atoms with E-state index in [9.17, 15) is 0 Å². The molecule has 4 nitrogen and oxygen atoms in total. The van der Waals surface area contributed by atoms with E-state index in [0.29, 0.717) is 5.89 Å². The fourth-order valence-corrected chi connectivity index (χ4v) is 6.62. The zero-order chi connectivity index (χ0) is 32.9. The first-order chi connectivity index (χ1) is 24.1. The number of hydrogen-bond donors (Lipinski definition) is 0. The van der Waals surface area contributed by atoms with Crippen LogP contribution in [0.3, 0.4) is 0 Å². The molecule has 0 spiro atoms. The molecule has 2 heterocycles. The maximum absolute atomic E-state index is 6.44. The van der Waals surface area contributed by atoms with Crippen LogP contribution in [-0.2, 0) is 0 Å². The average molecular weight is 633 g/mol. The smallest absolute Gasteiger partial charge is 0.227 e. The van der Waals surface area contributed by atoms with Crippen molar-refractivity contribution in [3.8, 4) is 33.7 Å². The highest BCUT2D eigenvalue weighted by Gasteiger charge is 2.18. The van der Waals surface area contributed by atoms with E-state index < -0.39 is 0 Å². The Morgan fingerprint density at radius 2 is 0.898 bits per heavy atom. The predicted octanol–water partition coefficient (Wildman–Crippen LogP) is 12.8. The largest absolute Gasteiger partial charge is 0.456 e. The number of fused-ring (bicyclic) bond motifs is 5. The van der Waals surface area contributed by atoms with Gasteiger partial charge in [-0.05, 0) is 103 Å². The van der Waals surface area contributed by atoms with Crippen molar-refractivity contribution in [2.24, 2.45) is 0 Å².